The number of amidine groups is 1. The van der Waals surface area contributed by atoms with Crippen LogP contribution in [0.25, 0.3) is 0 Å². The lowest BCUT2D eigenvalue weighted by molar-refractivity contribution is -0.143. The molecule has 1 heterocycles. The number of methoxy groups -OCH3 is 1. The van der Waals surface area contributed by atoms with Gasteiger partial charge in [0.15, 0.2) is 0 Å². The molecule has 8 nitrogen and oxygen atoms in total. The summed E-state index contributed by atoms with van der Waals surface area (Å²) in [6, 6.07) is 11.7. The fourth-order valence-corrected chi connectivity index (χ4v) is 2.79. The summed E-state index contributed by atoms with van der Waals surface area (Å²) in [5.74, 6) is -0.745. The average molecular weight is 398 g/mol. The molecule has 0 saturated heterocycles. The maximum Gasteiger partial charge on any atom is 0.328 e. The highest BCUT2D eigenvalue weighted by Gasteiger charge is 2.23. The van der Waals surface area contributed by atoms with Crippen LogP contribution in [0.2, 0.25) is 0 Å². The molecule has 0 fully saturated rings. The Kier molecular flexibility index (Phi) is 8.14. The van der Waals surface area contributed by atoms with E-state index in [0.717, 1.165) is 5.56 Å². The van der Waals surface area contributed by atoms with Crippen LogP contribution in [0.1, 0.15) is 35.7 Å². The molecule has 0 unspecified atom stereocenters. The van der Waals surface area contributed by atoms with Gasteiger partial charge >= 0.3 is 5.97 Å². The van der Waals surface area contributed by atoms with Crippen LogP contribution in [0, 0.1) is 0 Å². The van der Waals surface area contributed by atoms with Crippen LogP contribution in [0.15, 0.2) is 58.4 Å². The number of aliphatic imine (C=N–C) groups is 1. The normalized spacial score (nSPS) is 12.3. The molecule has 29 heavy (non-hydrogen) atoms. The highest BCUT2D eigenvalue weighted by molar-refractivity contribution is 5.96. The van der Waals surface area contributed by atoms with Crippen molar-refractivity contribution in [3.8, 4) is 0 Å². The largest absolute Gasteiger partial charge is 0.467 e. The summed E-state index contributed by atoms with van der Waals surface area (Å²) in [7, 11) is 1.25. The number of amides is 1. The van der Waals surface area contributed by atoms with Gasteiger partial charge < -0.3 is 20.4 Å². The smallest absolute Gasteiger partial charge is 0.328 e. The lowest BCUT2D eigenvalue weighted by Gasteiger charge is -2.16. The molecular weight excluding hydrogens is 372 g/mol. The van der Waals surface area contributed by atoms with Crippen molar-refractivity contribution in [3.63, 3.8) is 0 Å². The van der Waals surface area contributed by atoms with E-state index in [1.807, 2.05) is 30.3 Å². The van der Waals surface area contributed by atoms with E-state index in [9.17, 15) is 14.4 Å². The second kappa shape index (κ2) is 10.8. The Hall–Kier alpha value is -3.42. The maximum atomic E-state index is 12.7. The third-order valence-electron chi connectivity index (χ3n) is 4.26. The molecule has 2 rings (SSSR count). The Morgan fingerprint density at radius 3 is 2.59 bits per heavy atom. The second-order valence-electron chi connectivity index (χ2n) is 6.56. The molecule has 0 bridgehead atoms. The standard InChI is InChI=1S/C21H26N4O4/c1-15(22)23-12-6-11-18(21(28)29-2)24-19(26)17-10-7-13-25(20(17)27)14-16-8-4-3-5-9-16/h3-5,7-10,13,18H,6,11-12,14H2,1-2H3,(H2,22,23)(H,24,26)/t18-/m1/s1. The third-order valence-corrected chi connectivity index (χ3v) is 4.26. The van der Waals surface area contributed by atoms with Crippen LogP contribution >= 0.6 is 0 Å². The Morgan fingerprint density at radius 2 is 1.93 bits per heavy atom. The van der Waals surface area contributed by atoms with Crippen molar-refractivity contribution in [2.75, 3.05) is 13.7 Å². The summed E-state index contributed by atoms with van der Waals surface area (Å²) >= 11 is 0. The van der Waals surface area contributed by atoms with E-state index in [4.69, 9.17) is 10.5 Å². The molecule has 1 atom stereocenters. The summed E-state index contributed by atoms with van der Waals surface area (Å²) in [5.41, 5.74) is 5.97. The number of aromatic nitrogens is 1. The number of ether oxygens (including phenoxy) is 1. The van der Waals surface area contributed by atoms with Crippen molar-refractivity contribution >= 4 is 17.7 Å². The van der Waals surface area contributed by atoms with Gasteiger partial charge in [-0.05, 0) is 37.5 Å². The molecule has 0 aliphatic rings. The lowest BCUT2D eigenvalue weighted by atomic mass is 10.1. The SMILES string of the molecule is COC(=O)[C@@H](CCCN=C(C)N)NC(=O)c1cccn(Cc2ccccc2)c1=O. The van der Waals surface area contributed by atoms with E-state index in [0.29, 0.717) is 31.8 Å². The predicted octanol–water partition coefficient (Wildman–Crippen LogP) is 1.33. The minimum absolute atomic E-state index is 0.0341. The minimum atomic E-state index is -0.872. The van der Waals surface area contributed by atoms with Crippen molar-refractivity contribution in [1.29, 1.82) is 0 Å². The highest BCUT2D eigenvalue weighted by atomic mass is 16.5. The summed E-state index contributed by atoms with van der Waals surface area (Å²) in [6.45, 7) is 2.45. The number of carbonyl (C=O) groups excluding carboxylic acids is 2. The number of benzene rings is 1. The summed E-state index contributed by atoms with van der Waals surface area (Å²) in [4.78, 5) is 41.5. The van der Waals surface area contributed by atoms with Crippen LogP contribution in [-0.2, 0) is 16.1 Å². The zero-order valence-corrected chi connectivity index (χ0v) is 16.6. The molecule has 8 heteroatoms. The van der Waals surface area contributed by atoms with Crippen LogP contribution in [0.5, 0.6) is 0 Å². The molecule has 3 N–H and O–H groups in total. The number of hydrogen-bond acceptors (Lipinski definition) is 5. The van der Waals surface area contributed by atoms with E-state index in [1.165, 1.54) is 17.7 Å². The molecule has 0 spiro atoms. The van der Waals surface area contributed by atoms with Crippen LogP contribution < -0.4 is 16.6 Å². The molecular formula is C21H26N4O4. The van der Waals surface area contributed by atoms with E-state index in [1.54, 1.807) is 19.2 Å². The van der Waals surface area contributed by atoms with Crippen LogP contribution in [0.4, 0.5) is 0 Å². The fraction of sp³-hybridized carbons (Fsp3) is 0.333. The van der Waals surface area contributed by atoms with E-state index in [-0.39, 0.29) is 5.56 Å². The van der Waals surface area contributed by atoms with Gasteiger partial charge in [-0.2, -0.15) is 0 Å². The first-order valence-electron chi connectivity index (χ1n) is 9.31. The minimum Gasteiger partial charge on any atom is -0.467 e. The Labute approximate surface area is 169 Å². The van der Waals surface area contributed by atoms with Crippen molar-refractivity contribution in [2.45, 2.75) is 32.4 Å². The molecule has 0 aliphatic carbocycles. The zero-order chi connectivity index (χ0) is 21.2. The van der Waals surface area contributed by atoms with Gasteiger partial charge in [0.05, 0.1) is 19.5 Å². The second-order valence-corrected chi connectivity index (χ2v) is 6.56. The molecule has 0 radical (unpaired) electrons. The van der Waals surface area contributed by atoms with Crippen LogP contribution in [0.3, 0.4) is 0 Å². The van der Waals surface area contributed by atoms with Crippen LogP contribution in [-0.4, -0.2) is 42.0 Å². The molecule has 1 amide bonds. The van der Waals surface area contributed by atoms with Gasteiger partial charge in [0.25, 0.3) is 11.5 Å². The molecule has 2 aromatic rings. The molecule has 154 valence electrons. The van der Waals surface area contributed by atoms with Crippen molar-refractivity contribution in [1.82, 2.24) is 9.88 Å². The van der Waals surface area contributed by atoms with E-state index < -0.39 is 23.5 Å². The first-order valence-corrected chi connectivity index (χ1v) is 9.31. The number of nitrogens with zero attached hydrogens (tertiary/aromatic N) is 2. The number of nitrogens with two attached hydrogens (primary N) is 1. The Bertz CT molecular complexity index is 918. The van der Waals surface area contributed by atoms with Gasteiger partial charge in [-0.3, -0.25) is 14.6 Å². The number of carbonyl (C=O) groups is 2. The van der Waals surface area contributed by atoms with Gasteiger partial charge in [0, 0.05) is 12.7 Å². The number of hydrogen-bond donors (Lipinski definition) is 2. The zero-order valence-electron chi connectivity index (χ0n) is 16.6. The predicted molar refractivity (Wildman–Crippen MR) is 111 cm³/mol. The number of rotatable bonds is 9. The van der Waals surface area contributed by atoms with Gasteiger partial charge in [-0.1, -0.05) is 30.3 Å². The third kappa shape index (κ3) is 6.60. The highest BCUT2D eigenvalue weighted by Crippen LogP contribution is 2.04. The van der Waals surface area contributed by atoms with Gasteiger partial charge in [0.2, 0.25) is 0 Å². The fourth-order valence-electron chi connectivity index (χ4n) is 2.79. The van der Waals surface area contributed by atoms with E-state index >= 15 is 0 Å². The van der Waals surface area contributed by atoms with E-state index in [2.05, 4.69) is 10.3 Å². The van der Waals surface area contributed by atoms with Gasteiger partial charge in [0.1, 0.15) is 11.6 Å². The Balaban J connectivity index is 2.12. The number of nitrogens with one attached hydrogen (secondary N) is 1. The molecule has 0 aliphatic heterocycles. The summed E-state index contributed by atoms with van der Waals surface area (Å²) < 4.78 is 6.22. The molecule has 1 aromatic carbocycles. The monoisotopic (exact) mass is 398 g/mol. The summed E-state index contributed by atoms with van der Waals surface area (Å²) in [6.07, 6.45) is 2.47. The van der Waals surface area contributed by atoms with Crippen molar-refractivity contribution in [2.24, 2.45) is 10.7 Å². The molecule has 0 saturated carbocycles. The quantitative estimate of drug-likeness (QED) is 0.286. The van der Waals surface area contributed by atoms with Crippen molar-refractivity contribution in [3.05, 3.63) is 70.1 Å². The Morgan fingerprint density at radius 1 is 1.21 bits per heavy atom. The first kappa shape index (κ1) is 21.9. The van der Waals surface area contributed by atoms with Gasteiger partial charge in [-0.15, -0.1) is 0 Å². The number of pyridine rings is 1. The first-order chi connectivity index (χ1) is 13.9. The van der Waals surface area contributed by atoms with Gasteiger partial charge in [-0.25, -0.2) is 4.79 Å². The summed E-state index contributed by atoms with van der Waals surface area (Å²) in [5, 5.41) is 2.60. The topological polar surface area (TPSA) is 116 Å². The maximum absolute atomic E-state index is 12.7. The van der Waals surface area contributed by atoms with Crippen molar-refractivity contribution < 1.29 is 14.3 Å². The molecule has 1 aromatic heterocycles. The lowest BCUT2D eigenvalue weighted by Crippen LogP contribution is -2.43. The number of esters is 1. The average Bonchev–Trinajstić information content (AvgIpc) is 2.71.